The van der Waals surface area contributed by atoms with Gasteiger partial charge in [-0.1, -0.05) is 32.6 Å². The van der Waals surface area contributed by atoms with Gasteiger partial charge in [-0.15, -0.1) is 0 Å². The Balaban J connectivity index is 1.67. The normalized spacial score (nSPS) is 24.6. The van der Waals surface area contributed by atoms with Gasteiger partial charge < -0.3 is 10.4 Å². The van der Waals surface area contributed by atoms with Crippen molar-refractivity contribution in [1.82, 2.24) is 5.32 Å². The van der Waals surface area contributed by atoms with E-state index in [1.54, 1.807) is 0 Å². The highest BCUT2D eigenvalue weighted by atomic mass is 16.3. The van der Waals surface area contributed by atoms with Gasteiger partial charge in [-0.05, 0) is 25.2 Å². The zero-order chi connectivity index (χ0) is 12.3. The Morgan fingerprint density at radius 2 is 2.06 bits per heavy atom. The van der Waals surface area contributed by atoms with E-state index in [1.807, 2.05) is 6.92 Å². The molecule has 2 aliphatic rings. The molecule has 2 saturated carbocycles. The number of aliphatic hydroxyl groups is 1. The van der Waals surface area contributed by atoms with Crippen molar-refractivity contribution in [2.45, 2.75) is 51.9 Å². The Morgan fingerprint density at radius 3 is 2.59 bits per heavy atom. The molecule has 1 amide bonds. The molecule has 3 nitrogen and oxygen atoms in total. The van der Waals surface area contributed by atoms with Crippen LogP contribution in [0.1, 0.15) is 51.9 Å². The Hall–Kier alpha value is -0.570. The van der Waals surface area contributed by atoms with Crippen molar-refractivity contribution in [3.8, 4) is 0 Å². The van der Waals surface area contributed by atoms with Gasteiger partial charge in [-0.25, -0.2) is 0 Å². The van der Waals surface area contributed by atoms with Crippen molar-refractivity contribution < 1.29 is 9.90 Å². The maximum Gasteiger partial charge on any atom is 0.222 e. The predicted molar refractivity (Wildman–Crippen MR) is 67.5 cm³/mol. The molecule has 0 aromatic heterocycles. The zero-order valence-corrected chi connectivity index (χ0v) is 10.9. The van der Waals surface area contributed by atoms with Crippen molar-refractivity contribution in [3.63, 3.8) is 0 Å². The van der Waals surface area contributed by atoms with Crippen molar-refractivity contribution >= 4 is 5.91 Å². The van der Waals surface area contributed by atoms with Crippen LogP contribution in [-0.4, -0.2) is 24.2 Å². The Morgan fingerprint density at radius 1 is 1.41 bits per heavy atom. The van der Waals surface area contributed by atoms with Crippen LogP contribution in [0.3, 0.4) is 0 Å². The molecule has 0 spiro atoms. The average molecular weight is 239 g/mol. The van der Waals surface area contributed by atoms with Gasteiger partial charge in [-0.2, -0.15) is 0 Å². The third-order valence-electron chi connectivity index (χ3n) is 4.54. The number of aliphatic hydroxyl groups excluding tert-OH is 1. The van der Waals surface area contributed by atoms with E-state index in [1.165, 1.54) is 25.7 Å². The second-order valence-corrected chi connectivity index (χ2v) is 6.16. The van der Waals surface area contributed by atoms with Gasteiger partial charge in [-0.3, -0.25) is 4.79 Å². The van der Waals surface area contributed by atoms with E-state index in [2.05, 4.69) is 5.32 Å². The van der Waals surface area contributed by atoms with Crippen LogP contribution in [0.5, 0.6) is 0 Å². The minimum Gasteiger partial charge on any atom is -0.396 e. The summed E-state index contributed by atoms with van der Waals surface area (Å²) in [4.78, 5) is 11.9. The highest BCUT2D eigenvalue weighted by molar-refractivity contribution is 5.78. The highest BCUT2D eigenvalue weighted by Gasteiger charge is 2.42. The van der Waals surface area contributed by atoms with Crippen molar-refractivity contribution in [2.24, 2.45) is 17.3 Å². The summed E-state index contributed by atoms with van der Waals surface area (Å²) in [5, 5.41) is 12.2. The van der Waals surface area contributed by atoms with Crippen LogP contribution >= 0.6 is 0 Å². The van der Waals surface area contributed by atoms with Crippen molar-refractivity contribution in [2.75, 3.05) is 13.2 Å². The smallest absolute Gasteiger partial charge is 0.222 e. The van der Waals surface area contributed by atoms with E-state index in [4.69, 9.17) is 0 Å². The molecule has 0 aromatic carbocycles. The molecule has 0 heterocycles. The van der Waals surface area contributed by atoms with Gasteiger partial charge in [0.1, 0.15) is 0 Å². The Labute approximate surface area is 104 Å². The number of rotatable bonds is 6. The molecule has 0 saturated heterocycles. The monoisotopic (exact) mass is 239 g/mol. The zero-order valence-electron chi connectivity index (χ0n) is 10.9. The van der Waals surface area contributed by atoms with Crippen LogP contribution in [0.25, 0.3) is 0 Å². The number of nitrogens with one attached hydrogen (secondary N) is 1. The molecule has 98 valence electrons. The van der Waals surface area contributed by atoms with Crippen molar-refractivity contribution in [3.05, 3.63) is 0 Å². The lowest BCUT2D eigenvalue weighted by atomic mass is 9.94. The molecule has 0 aromatic rings. The average Bonchev–Trinajstić information content (AvgIpc) is 2.95. The topological polar surface area (TPSA) is 49.3 Å². The molecule has 2 fully saturated rings. The van der Waals surface area contributed by atoms with Gasteiger partial charge in [0.15, 0.2) is 0 Å². The number of carbonyl (C=O) groups is 1. The second kappa shape index (κ2) is 5.38. The third-order valence-corrected chi connectivity index (χ3v) is 4.54. The lowest BCUT2D eigenvalue weighted by Gasteiger charge is -2.18. The summed E-state index contributed by atoms with van der Waals surface area (Å²) in [5.41, 5.74) is 0.0305. The van der Waals surface area contributed by atoms with Crippen molar-refractivity contribution in [1.29, 1.82) is 0 Å². The summed E-state index contributed by atoms with van der Waals surface area (Å²) < 4.78 is 0. The molecular formula is C14H25NO2. The lowest BCUT2D eigenvalue weighted by Crippen LogP contribution is -2.35. The van der Waals surface area contributed by atoms with Gasteiger partial charge in [0.25, 0.3) is 0 Å². The molecule has 2 aliphatic carbocycles. The van der Waals surface area contributed by atoms with E-state index in [0.717, 1.165) is 25.2 Å². The van der Waals surface area contributed by atoms with Crippen LogP contribution in [0.2, 0.25) is 0 Å². The molecule has 1 unspecified atom stereocenters. The maximum atomic E-state index is 11.9. The lowest BCUT2D eigenvalue weighted by molar-refractivity contribution is -0.125. The molecule has 0 aliphatic heterocycles. The van der Waals surface area contributed by atoms with Gasteiger partial charge in [0.05, 0.1) is 6.61 Å². The van der Waals surface area contributed by atoms with E-state index in [-0.39, 0.29) is 23.8 Å². The summed E-state index contributed by atoms with van der Waals surface area (Å²) >= 11 is 0. The molecule has 3 heteroatoms. The first-order chi connectivity index (χ1) is 8.15. The fourth-order valence-corrected chi connectivity index (χ4v) is 2.87. The Bertz CT molecular complexity index is 267. The van der Waals surface area contributed by atoms with Gasteiger partial charge in [0, 0.05) is 17.9 Å². The third kappa shape index (κ3) is 3.44. The number of hydrogen-bond acceptors (Lipinski definition) is 2. The molecule has 2 N–H and O–H groups in total. The van der Waals surface area contributed by atoms with E-state index >= 15 is 0 Å². The second-order valence-electron chi connectivity index (χ2n) is 6.16. The summed E-state index contributed by atoms with van der Waals surface area (Å²) in [6, 6.07) is 0. The van der Waals surface area contributed by atoms with Crippen LogP contribution in [0, 0.1) is 17.3 Å². The standard InChI is InChI=1S/C14H25NO2/c1-11(8-12-4-2-3-5-12)13(17)15-9-14(10-16)6-7-14/h11-12,16H,2-10H2,1H3,(H,15,17). The number of hydrogen-bond donors (Lipinski definition) is 2. The van der Waals surface area contributed by atoms with E-state index in [0.29, 0.717) is 6.54 Å². The summed E-state index contributed by atoms with van der Waals surface area (Å²) in [7, 11) is 0. The molecule has 2 rings (SSSR count). The SMILES string of the molecule is CC(CC1CCCC1)C(=O)NCC1(CO)CC1. The number of amides is 1. The highest BCUT2D eigenvalue weighted by Crippen LogP contribution is 2.44. The molecular weight excluding hydrogens is 214 g/mol. The fourth-order valence-electron chi connectivity index (χ4n) is 2.87. The van der Waals surface area contributed by atoms with Crippen LogP contribution in [0.15, 0.2) is 0 Å². The molecule has 17 heavy (non-hydrogen) atoms. The van der Waals surface area contributed by atoms with E-state index < -0.39 is 0 Å². The molecule has 0 bridgehead atoms. The summed E-state index contributed by atoms with van der Waals surface area (Å²) in [5.74, 6) is 1.08. The van der Waals surface area contributed by atoms with Crippen LogP contribution in [-0.2, 0) is 4.79 Å². The van der Waals surface area contributed by atoms with Crippen LogP contribution in [0.4, 0.5) is 0 Å². The maximum absolute atomic E-state index is 11.9. The summed E-state index contributed by atoms with van der Waals surface area (Å²) in [6.07, 6.45) is 8.44. The minimum atomic E-state index is 0.0305. The first-order valence-electron chi connectivity index (χ1n) is 7.04. The molecule has 0 radical (unpaired) electrons. The predicted octanol–water partition coefficient (Wildman–Crippen LogP) is 2.09. The number of carbonyl (C=O) groups excluding carboxylic acids is 1. The summed E-state index contributed by atoms with van der Waals surface area (Å²) in [6.45, 7) is 2.91. The van der Waals surface area contributed by atoms with E-state index in [9.17, 15) is 9.90 Å². The largest absolute Gasteiger partial charge is 0.396 e. The van der Waals surface area contributed by atoms with Gasteiger partial charge in [0.2, 0.25) is 5.91 Å². The Kier molecular flexibility index (Phi) is 4.08. The van der Waals surface area contributed by atoms with Gasteiger partial charge >= 0.3 is 0 Å². The molecule has 1 atom stereocenters. The first kappa shape index (κ1) is 12.9. The quantitative estimate of drug-likeness (QED) is 0.745. The minimum absolute atomic E-state index is 0.0305. The first-order valence-corrected chi connectivity index (χ1v) is 7.04. The fraction of sp³-hybridized carbons (Fsp3) is 0.929. The van der Waals surface area contributed by atoms with Crippen LogP contribution < -0.4 is 5.32 Å².